The second kappa shape index (κ2) is 8.99. The van der Waals surface area contributed by atoms with Crippen molar-refractivity contribution in [1.29, 1.82) is 0 Å². The third-order valence-electron chi connectivity index (χ3n) is 4.65. The molecule has 3 rings (SSSR count). The first kappa shape index (κ1) is 20.0. The summed E-state index contributed by atoms with van der Waals surface area (Å²) in [6, 6.07) is 6.13. The van der Waals surface area contributed by atoms with Crippen LogP contribution in [0.4, 0.5) is 0 Å². The molecular weight excluding hydrogens is 356 g/mol. The summed E-state index contributed by atoms with van der Waals surface area (Å²) >= 11 is 0. The summed E-state index contributed by atoms with van der Waals surface area (Å²) in [5, 5.41) is 10.7. The molecule has 1 aromatic carbocycles. The van der Waals surface area contributed by atoms with E-state index >= 15 is 0 Å². The fourth-order valence-electron chi connectivity index (χ4n) is 3.16. The van der Waals surface area contributed by atoms with E-state index in [0.29, 0.717) is 31.6 Å². The number of aromatic nitrogens is 1. The second-order valence-electron chi connectivity index (χ2n) is 7.29. The Balaban J connectivity index is 1.62. The molecule has 1 aliphatic heterocycles. The highest BCUT2D eigenvalue weighted by molar-refractivity contribution is 5.79. The molecule has 152 valence electrons. The maximum absolute atomic E-state index is 5.89. The molecule has 0 saturated carbocycles. The van der Waals surface area contributed by atoms with Gasteiger partial charge in [0.1, 0.15) is 17.6 Å². The molecule has 0 amide bonds. The van der Waals surface area contributed by atoms with Gasteiger partial charge in [0.25, 0.3) is 0 Å². The highest BCUT2D eigenvalue weighted by Gasteiger charge is 2.22. The van der Waals surface area contributed by atoms with E-state index in [9.17, 15) is 0 Å². The van der Waals surface area contributed by atoms with Crippen molar-refractivity contribution in [2.75, 3.05) is 13.7 Å². The fourth-order valence-corrected chi connectivity index (χ4v) is 3.16. The number of guanidine groups is 1. The van der Waals surface area contributed by atoms with Gasteiger partial charge < -0.3 is 24.6 Å². The van der Waals surface area contributed by atoms with E-state index in [1.54, 1.807) is 7.05 Å². The smallest absolute Gasteiger partial charge is 0.191 e. The molecule has 7 heteroatoms. The molecule has 1 aromatic heterocycles. The number of benzene rings is 1. The summed E-state index contributed by atoms with van der Waals surface area (Å²) in [4.78, 5) is 4.28. The van der Waals surface area contributed by atoms with Crippen LogP contribution in [0.15, 0.2) is 27.7 Å². The molecule has 1 unspecified atom stereocenters. The number of fused-ring (bicyclic) bond motifs is 1. The molecule has 0 bridgehead atoms. The topological polar surface area (TPSA) is 80.9 Å². The van der Waals surface area contributed by atoms with E-state index in [2.05, 4.69) is 53.7 Å². The lowest BCUT2D eigenvalue weighted by Crippen LogP contribution is -2.36. The van der Waals surface area contributed by atoms with Gasteiger partial charge >= 0.3 is 0 Å². The Hall–Kier alpha value is -2.70. The zero-order valence-corrected chi connectivity index (χ0v) is 17.3. The zero-order chi connectivity index (χ0) is 20.1. The third-order valence-corrected chi connectivity index (χ3v) is 4.65. The van der Waals surface area contributed by atoms with Crippen LogP contribution in [0.25, 0.3) is 0 Å². The van der Waals surface area contributed by atoms with Gasteiger partial charge in [-0.1, -0.05) is 19.0 Å². The van der Waals surface area contributed by atoms with Crippen LogP contribution in [0.3, 0.4) is 0 Å². The summed E-state index contributed by atoms with van der Waals surface area (Å²) in [5.41, 5.74) is 3.20. The van der Waals surface area contributed by atoms with Gasteiger partial charge in [-0.05, 0) is 31.9 Å². The average Bonchev–Trinajstić information content (AvgIpc) is 3.27. The lowest BCUT2D eigenvalue weighted by Gasteiger charge is -2.15. The average molecular weight is 386 g/mol. The van der Waals surface area contributed by atoms with Crippen molar-refractivity contribution in [3.05, 3.63) is 40.8 Å². The monoisotopic (exact) mass is 386 g/mol. The van der Waals surface area contributed by atoms with Gasteiger partial charge in [0.15, 0.2) is 11.7 Å². The van der Waals surface area contributed by atoms with Crippen LogP contribution in [0.1, 0.15) is 56.2 Å². The van der Waals surface area contributed by atoms with E-state index in [1.807, 2.05) is 13.0 Å². The molecule has 2 aromatic rings. The minimum absolute atomic E-state index is 0.208. The van der Waals surface area contributed by atoms with Crippen LogP contribution in [-0.4, -0.2) is 30.9 Å². The zero-order valence-electron chi connectivity index (χ0n) is 17.3. The van der Waals surface area contributed by atoms with E-state index < -0.39 is 0 Å². The molecular formula is C21H30N4O3. The second-order valence-corrected chi connectivity index (χ2v) is 7.29. The Morgan fingerprint density at radius 1 is 1.29 bits per heavy atom. The predicted octanol–water partition coefficient (Wildman–Crippen LogP) is 3.39. The van der Waals surface area contributed by atoms with E-state index in [4.69, 9.17) is 14.0 Å². The molecule has 0 aliphatic carbocycles. The number of hydrogen-bond donors (Lipinski definition) is 2. The molecule has 28 heavy (non-hydrogen) atoms. The van der Waals surface area contributed by atoms with Crippen molar-refractivity contribution in [2.24, 2.45) is 4.99 Å². The Kier molecular flexibility index (Phi) is 6.44. The summed E-state index contributed by atoms with van der Waals surface area (Å²) < 4.78 is 17.1. The number of ether oxygens (including phenoxy) is 2. The first-order chi connectivity index (χ1) is 13.5. The number of nitrogens with zero attached hydrogens (tertiary/aromatic N) is 2. The first-order valence-electron chi connectivity index (χ1n) is 9.85. The summed E-state index contributed by atoms with van der Waals surface area (Å²) in [5.74, 6) is 3.63. The first-order valence-corrected chi connectivity index (χ1v) is 9.85. The van der Waals surface area contributed by atoms with Crippen LogP contribution < -0.4 is 20.1 Å². The molecule has 0 spiro atoms. The number of aliphatic imine (C=N–C) groups is 1. The van der Waals surface area contributed by atoms with E-state index in [1.165, 1.54) is 5.56 Å². The Bertz CT molecular complexity index is 829. The molecule has 0 saturated heterocycles. The molecule has 7 nitrogen and oxygen atoms in total. The van der Waals surface area contributed by atoms with Crippen molar-refractivity contribution < 1.29 is 14.0 Å². The standard InChI is InChI=1S/C21H30N4O3/c1-6-26-19-8-15-7-14(4)27-20(15)9-16(19)11-23-21(22-5)24-12-17-10-18(13(2)3)25-28-17/h8-10,13-14H,6-7,11-12H2,1-5H3,(H2,22,23,24). The largest absolute Gasteiger partial charge is 0.494 e. The maximum Gasteiger partial charge on any atom is 0.191 e. The Labute approximate surface area is 166 Å². The van der Waals surface area contributed by atoms with Crippen LogP contribution >= 0.6 is 0 Å². The summed E-state index contributed by atoms with van der Waals surface area (Å²) in [7, 11) is 1.74. The maximum atomic E-state index is 5.89. The number of rotatable bonds is 7. The molecule has 2 N–H and O–H groups in total. The lowest BCUT2D eigenvalue weighted by molar-refractivity contribution is 0.254. The normalized spacial score (nSPS) is 16.1. The fraction of sp³-hybridized carbons (Fsp3) is 0.524. The van der Waals surface area contributed by atoms with Crippen molar-refractivity contribution in [3.63, 3.8) is 0 Å². The van der Waals surface area contributed by atoms with Gasteiger partial charge in [0.05, 0.1) is 18.8 Å². The van der Waals surface area contributed by atoms with Crippen molar-refractivity contribution in [2.45, 2.75) is 59.2 Å². The predicted molar refractivity (Wildman–Crippen MR) is 109 cm³/mol. The minimum Gasteiger partial charge on any atom is -0.494 e. The van der Waals surface area contributed by atoms with Gasteiger partial charge in [-0.2, -0.15) is 0 Å². The molecule has 1 aliphatic rings. The lowest BCUT2D eigenvalue weighted by atomic mass is 10.1. The van der Waals surface area contributed by atoms with Crippen molar-refractivity contribution in [1.82, 2.24) is 15.8 Å². The molecule has 2 heterocycles. The SMILES string of the molecule is CCOc1cc2c(cc1CNC(=NC)NCc1cc(C(C)C)no1)OC(C)C2. The van der Waals surface area contributed by atoms with Gasteiger partial charge in [-0.15, -0.1) is 0 Å². The minimum atomic E-state index is 0.208. The van der Waals surface area contributed by atoms with Gasteiger partial charge in [-0.25, -0.2) is 0 Å². The van der Waals surface area contributed by atoms with Gasteiger partial charge in [0, 0.05) is 37.2 Å². The van der Waals surface area contributed by atoms with E-state index in [-0.39, 0.29) is 6.10 Å². The van der Waals surface area contributed by atoms with E-state index in [0.717, 1.165) is 34.9 Å². The molecule has 1 atom stereocenters. The van der Waals surface area contributed by atoms with Gasteiger partial charge in [-0.3, -0.25) is 4.99 Å². The van der Waals surface area contributed by atoms with Crippen molar-refractivity contribution in [3.8, 4) is 11.5 Å². The highest BCUT2D eigenvalue weighted by Crippen LogP contribution is 2.35. The summed E-state index contributed by atoms with van der Waals surface area (Å²) in [6.07, 6.45) is 1.13. The number of hydrogen-bond acceptors (Lipinski definition) is 5. The van der Waals surface area contributed by atoms with Crippen LogP contribution in [0.2, 0.25) is 0 Å². The molecule has 0 fully saturated rings. The van der Waals surface area contributed by atoms with Crippen LogP contribution in [0, 0.1) is 0 Å². The number of nitrogens with one attached hydrogen (secondary N) is 2. The van der Waals surface area contributed by atoms with Gasteiger partial charge in [0.2, 0.25) is 0 Å². The summed E-state index contributed by atoms with van der Waals surface area (Å²) in [6.45, 7) is 9.97. The highest BCUT2D eigenvalue weighted by atomic mass is 16.5. The quantitative estimate of drug-likeness (QED) is 0.561. The van der Waals surface area contributed by atoms with Crippen LogP contribution in [0.5, 0.6) is 11.5 Å². The van der Waals surface area contributed by atoms with Crippen molar-refractivity contribution >= 4 is 5.96 Å². The third kappa shape index (κ3) is 4.77. The Morgan fingerprint density at radius 3 is 2.75 bits per heavy atom. The Morgan fingerprint density at radius 2 is 2.07 bits per heavy atom. The van der Waals surface area contributed by atoms with Crippen LogP contribution in [-0.2, 0) is 19.5 Å². The molecule has 0 radical (unpaired) electrons.